The van der Waals surface area contributed by atoms with Gasteiger partial charge in [-0.15, -0.1) is 0 Å². The van der Waals surface area contributed by atoms with E-state index in [1.807, 2.05) is 12.1 Å². The van der Waals surface area contributed by atoms with Crippen LogP contribution in [-0.2, 0) is 0 Å². The van der Waals surface area contributed by atoms with E-state index in [0.717, 1.165) is 18.1 Å². The number of hydrogen-bond donors (Lipinski definition) is 1. The first-order valence-electron chi connectivity index (χ1n) is 4.96. The Kier molecular flexibility index (Phi) is 2.94. The van der Waals surface area contributed by atoms with Crippen molar-refractivity contribution in [2.75, 3.05) is 25.0 Å². The number of hydrogen-bond acceptors (Lipinski definition) is 2. The van der Waals surface area contributed by atoms with Gasteiger partial charge in [0.25, 0.3) is 0 Å². The topological polar surface area (TPSA) is 15.3 Å². The normalized spacial score (nSPS) is 21.1. The Morgan fingerprint density at radius 3 is 2.64 bits per heavy atom. The molecule has 0 saturated carbocycles. The predicted octanol–water partition coefficient (Wildman–Crippen LogP) is 2.14. The molecule has 14 heavy (non-hydrogen) atoms. The second-order valence-electron chi connectivity index (χ2n) is 3.73. The van der Waals surface area contributed by atoms with Crippen molar-refractivity contribution in [3.63, 3.8) is 0 Å². The van der Waals surface area contributed by atoms with E-state index in [9.17, 15) is 0 Å². The van der Waals surface area contributed by atoms with Crippen LogP contribution in [0.4, 0.5) is 5.69 Å². The molecule has 2 rings (SSSR count). The third kappa shape index (κ3) is 2.02. The van der Waals surface area contributed by atoms with Gasteiger partial charge in [-0.1, -0.05) is 11.6 Å². The van der Waals surface area contributed by atoms with Gasteiger partial charge >= 0.3 is 0 Å². The van der Waals surface area contributed by atoms with Crippen LogP contribution in [0.25, 0.3) is 0 Å². The highest BCUT2D eigenvalue weighted by molar-refractivity contribution is 6.30. The molecule has 1 heterocycles. The maximum Gasteiger partial charge on any atom is 0.0423 e. The van der Waals surface area contributed by atoms with Crippen LogP contribution in [-0.4, -0.2) is 26.2 Å². The van der Waals surface area contributed by atoms with Crippen molar-refractivity contribution < 1.29 is 0 Å². The summed E-state index contributed by atoms with van der Waals surface area (Å²) in [4.78, 5) is 2.32. The molecule has 1 unspecified atom stereocenters. The molecule has 1 aliphatic heterocycles. The number of rotatable bonds is 2. The number of benzene rings is 1. The predicted molar refractivity (Wildman–Crippen MR) is 61.1 cm³/mol. The molecule has 0 spiro atoms. The van der Waals surface area contributed by atoms with Gasteiger partial charge in [0, 0.05) is 30.3 Å². The van der Waals surface area contributed by atoms with E-state index in [0.29, 0.717) is 6.04 Å². The molecule has 0 aromatic heterocycles. The van der Waals surface area contributed by atoms with Crippen molar-refractivity contribution in [1.82, 2.24) is 5.32 Å². The van der Waals surface area contributed by atoms with Crippen LogP contribution in [0.15, 0.2) is 24.3 Å². The van der Waals surface area contributed by atoms with E-state index in [-0.39, 0.29) is 0 Å². The van der Waals surface area contributed by atoms with Crippen molar-refractivity contribution in [3.8, 4) is 0 Å². The second-order valence-corrected chi connectivity index (χ2v) is 4.17. The van der Waals surface area contributed by atoms with E-state index >= 15 is 0 Å². The zero-order chi connectivity index (χ0) is 9.97. The van der Waals surface area contributed by atoms with Crippen molar-refractivity contribution in [2.45, 2.75) is 12.5 Å². The second kappa shape index (κ2) is 4.20. The zero-order valence-electron chi connectivity index (χ0n) is 8.33. The smallest absolute Gasteiger partial charge is 0.0423 e. The standard InChI is InChI=1S/C11H15ClN2/c1-14(11-6-7-13-8-11)10-4-2-9(12)3-5-10/h2-5,11,13H,6-8H2,1H3. The maximum absolute atomic E-state index is 5.85. The molecule has 1 aromatic rings. The number of anilines is 1. The van der Waals surface area contributed by atoms with Gasteiger partial charge in [-0.3, -0.25) is 0 Å². The Bertz CT molecular complexity index is 291. The van der Waals surface area contributed by atoms with Crippen LogP contribution in [0.2, 0.25) is 5.02 Å². The summed E-state index contributed by atoms with van der Waals surface area (Å²) in [5.41, 5.74) is 1.24. The quantitative estimate of drug-likeness (QED) is 0.805. The summed E-state index contributed by atoms with van der Waals surface area (Å²) >= 11 is 5.85. The number of likely N-dealkylation sites (N-methyl/N-ethyl adjacent to an activating group) is 1. The average Bonchev–Trinajstić information content (AvgIpc) is 2.71. The SMILES string of the molecule is CN(c1ccc(Cl)cc1)C1CCNC1. The lowest BCUT2D eigenvalue weighted by molar-refractivity contribution is 0.686. The number of halogens is 1. The lowest BCUT2D eigenvalue weighted by atomic mass is 10.2. The Hall–Kier alpha value is -0.730. The average molecular weight is 211 g/mol. The minimum absolute atomic E-state index is 0.621. The molecule has 1 aliphatic rings. The monoisotopic (exact) mass is 210 g/mol. The largest absolute Gasteiger partial charge is 0.370 e. The van der Waals surface area contributed by atoms with Crippen LogP contribution in [0.1, 0.15) is 6.42 Å². The van der Waals surface area contributed by atoms with Crippen LogP contribution < -0.4 is 10.2 Å². The molecule has 0 bridgehead atoms. The molecule has 1 N–H and O–H groups in total. The van der Waals surface area contributed by atoms with Crippen molar-refractivity contribution in [3.05, 3.63) is 29.3 Å². The lowest BCUT2D eigenvalue weighted by Crippen LogP contribution is -2.33. The number of nitrogens with one attached hydrogen (secondary N) is 1. The molecule has 2 nitrogen and oxygen atoms in total. The summed E-state index contributed by atoms with van der Waals surface area (Å²) in [6.07, 6.45) is 1.22. The molecular formula is C11H15ClN2. The summed E-state index contributed by atoms with van der Waals surface area (Å²) in [6.45, 7) is 2.21. The van der Waals surface area contributed by atoms with E-state index in [4.69, 9.17) is 11.6 Å². The molecule has 76 valence electrons. The summed E-state index contributed by atoms with van der Waals surface area (Å²) in [5, 5.41) is 4.16. The van der Waals surface area contributed by atoms with Crippen molar-refractivity contribution in [1.29, 1.82) is 0 Å². The van der Waals surface area contributed by atoms with Gasteiger partial charge in [-0.05, 0) is 37.2 Å². The van der Waals surface area contributed by atoms with Crippen molar-refractivity contribution in [2.24, 2.45) is 0 Å². The minimum Gasteiger partial charge on any atom is -0.370 e. The fraction of sp³-hybridized carbons (Fsp3) is 0.455. The van der Waals surface area contributed by atoms with Crippen molar-refractivity contribution >= 4 is 17.3 Å². The Balaban J connectivity index is 2.09. The fourth-order valence-corrected chi connectivity index (χ4v) is 1.98. The first kappa shape index (κ1) is 9.81. The molecule has 3 heteroatoms. The number of nitrogens with zero attached hydrogens (tertiary/aromatic N) is 1. The first-order valence-corrected chi connectivity index (χ1v) is 5.34. The van der Waals surface area contributed by atoms with Gasteiger partial charge in [0.05, 0.1) is 0 Å². The van der Waals surface area contributed by atoms with E-state index in [2.05, 4.69) is 29.4 Å². The van der Waals surface area contributed by atoms with Crippen LogP contribution in [0, 0.1) is 0 Å². The highest BCUT2D eigenvalue weighted by Gasteiger charge is 2.18. The Morgan fingerprint density at radius 1 is 1.36 bits per heavy atom. The molecule has 1 saturated heterocycles. The maximum atomic E-state index is 5.85. The molecule has 1 fully saturated rings. The molecule has 0 amide bonds. The van der Waals surface area contributed by atoms with E-state index in [1.165, 1.54) is 12.1 Å². The van der Waals surface area contributed by atoms with Crippen LogP contribution in [0.3, 0.4) is 0 Å². The Labute approximate surface area is 89.9 Å². The van der Waals surface area contributed by atoms with E-state index in [1.54, 1.807) is 0 Å². The molecule has 1 aromatic carbocycles. The lowest BCUT2D eigenvalue weighted by Gasteiger charge is -2.25. The summed E-state index contributed by atoms with van der Waals surface area (Å²) in [6, 6.07) is 8.64. The molecule has 0 radical (unpaired) electrons. The highest BCUT2D eigenvalue weighted by Crippen LogP contribution is 2.20. The van der Waals surface area contributed by atoms with Gasteiger partial charge in [-0.2, -0.15) is 0 Å². The highest BCUT2D eigenvalue weighted by atomic mass is 35.5. The van der Waals surface area contributed by atoms with Gasteiger partial charge < -0.3 is 10.2 Å². The molecule has 0 aliphatic carbocycles. The molecule has 1 atom stereocenters. The van der Waals surface area contributed by atoms with Gasteiger partial charge in [-0.25, -0.2) is 0 Å². The van der Waals surface area contributed by atoms with Gasteiger partial charge in [0.2, 0.25) is 0 Å². The van der Waals surface area contributed by atoms with E-state index < -0.39 is 0 Å². The summed E-state index contributed by atoms with van der Waals surface area (Å²) in [7, 11) is 2.14. The summed E-state index contributed by atoms with van der Waals surface area (Å²) < 4.78 is 0. The van der Waals surface area contributed by atoms with Crippen LogP contribution >= 0.6 is 11.6 Å². The minimum atomic E-state index is 0.621. The van der Waals surface area contributed by atoms with Crippen LogP contribution in [0.5, 0.6) is 0 Å². The first-order chi connectivity index (χ1) is 6.77. The molecular weight excluding hydrogens is 196 g/mol. The zero-order valence-corrected chi connectivity index (χ0v) is 9.09. The fourth-order valence-electron chi connectivity index (χ4n) is 1.86. The third-order valence-corrected chi connectivity index (χ3v) is 3.07. The third-order valence-electron chi connectivity index (χ3n) is 2.82. The van der Waals surface area contributed by atoms with Gasteiger partial charge in [0.15, 0.2) is 0 Å². The van der Waals surface area contributed by atoms with Gasteiger partial charge in [0.1, 0.15) is 0 Å². The Morgan fingerprint density at radius 2 is 2.07 bits per heavy atom. The summed E-state index contributed by atoms with van der Waals surface area (Å²) in [5.74, 6) is 0.